The molecule has 6 nitrogen and oxygen atoms in total. The topological polar surface area (TPSA) is 80.8 Å². The van der Waals surface area contributed by atoms with Gasteiger partial charge in [0.05, 0.1) is 11.8 Å². The Morgan fingerprint density at radius 1 is 1.08 bits per heavy atom. The highest BCUT2D eigenvalue weighted by atomic mass is 16.5. The first kappa shape index (κ1) is 18.3. The summed E-state index contributed by atoms with van der Waals surface area (Å²) < 4.78 is 5.03. The van der Waals surface area contributed by atoms with Gasteiger partial charge in [-0.3, -0.25) is 24.1 Å². The lowest BCUT2D eigenvalue weighted by Gasteiger charge is -2.19. The molecule has 3 rings (SSSR count). The van der Waals surface area contributed by atoms with Gasteiger partial charge in [0.15, 0.2) is 6.61 Å². The fraction of sp³-hybridized carbons (Fsp3) is 0.500. The Bertz CT molecular complexity index is 745. The van der Waals surface area contributed by atoms with Crippen molar-refractivity contribution < 1.29 is 23.9 Å². The van der Waals surface area contributed by atoms with E-state index in [4.69, 9.17) is 4.74 Å². The number of fused-ring (bicyclic) bond motifs is 1. The van der Waals surface area contributed by atoms with E-state index in [1.165, 1.54) is 0 Å². The third kappa shape index (κ3) is 3.54. The number of benzene rings is 1. The number of rotatable bonds is 5. The molecule has 2 atom stereocenters. The highest BCUT2D eigenvalue weighted by Crippen LogP contribution is 2.37. The smallest absolute Gasteiger partial charge is 0.326 e. The molecule has 0 aromatic heterocycles. The summed E-state index contributed by atoms with van der Waals surface area (Å²) in [6.45, 7) is 2.89. The molecule has 2 aliphatic rings. The number of ketones is 1. The van der Waals surface area contributed by atoms with Crippen LogP contribution in [0.5, 0.6) is 0 Å². The average molecular weight is 357 g/mol. The number of esters is 1. The number of nitrogens with zero attached hydrogens (tertiary/aromatic N) is 1. The van der Waals surface area contributed by atoms with E-state index in [1.54, 1.807) is 6.07 Å². The quantitative estimate of drug-likeness (QED) is 0.458. The van der Waals surface area contributed by atoms with Gasteiger partial charge in [0.2, 0.25) is 17.6 Å². The predicted molar refractivity (Wildman–Crippen MR) is 93.4 cm³/mol. The summed E-state index contributed by atoms with van der Waals surface area (Å²) in [7, 11) is 0. The summed E-state index contributed by atoms with van der Waals surface area (Å²) in [4.78, 5) is 50.1. The normalized spacial score (nSPS) is 22.3. The SMILES string of the molecule is Cc1ccc(C)c(C(=O)COC(=O)CN2C(=O)C3CCCCC3C2=O)c1. The minimum Gasteiger partial charge on any atom is -0.456 e. The largest absolute Gasteiger partial charge is 0.456 e. The van der Waals surface area contributed by atoms with Crippen LogP contribution < -0.4 is 0 Å². The van der Waals surface area contributed by atoms with Gasteiger partial charge >= 0.3 is 5.97 Å². The van der Waals surface area contributed by atoms with Gasteiger partial charge in [0.25, 0.3) is 0 Å². The first-order chi connectivity index (χ1) is 12.4. The monoisotopic (exact) mass is 357 g/mol. The van der Waals surface area contributed by atoms with Gasteiger partial charge in [-0.2, -0.15) is 0 Å². The van der Waals surface area contributed by atoms with Crippen LogP contribution in [-0.2, 0) is 19.1 Å². The maximum Gasteiger partial charge on any atom is 0.326 e. The van der Waals surface area contributed by atoms with Gasteiger partial charge in [-0.25, -0.2) is 0 Å². The number of likely N-dealkylation sites (tertiary alicyclic amines) is 1. The van der Waals surface area contributed by atoms with Crippen molar-refractivity contribution in [3.63, 3.8) is 0 Å². The first-order valence-corrected chi connectivity index (χ1v) is 9.00. The van der Waals surface area contributed by atoms with Crippen LogP contribution >= 0.6 is 0 Å². The van der Waals surface area contributed by atoms with E-state index < -0.39 is 19.1 Å². The average Bonchev–Trinajstić information content (AvgIpc) is 2.87. The zero-order chi connectivity index (χ0) is 18.8. The molecule has 6 heteroatoms. The second kappa shape index (κ2) is 7.40. The fourth-order valence-corrected chi connectivity index (χ4v) is 3.82. The number of aryl methyl sites for hydroxylation is 2. The summed E-state index contributed by atoms with van der Waals surface area (Å²) in [5.74, 6) is -2.17. The minimum atomic E-state index is -0.732. The molecule has 1 aliphatic heterocycles. The molecule has 0 spiro atoms. The molecule has 2 amide bonds. The molecular weight excluding hydrogens is 334 g/mol. The Balaban J connectivity index is 1.57. The van der Waals surface area contributed by atoms with E-state index in [-0.39, 0.29) is 29.4 Å². The molecule has 0 N–H and O–H groups in total. The van der Waals surface area contributed by atoms with E-state index >= 15 is 0 Å². The molecule has 1 saturated heterocycles. The number of Topliss-reactive ketones (excluding diaryl/α,β-unsaturated/α-hetero) is 1. The van der Waals surface area contributed by atoms with Crippen LogP contribution in [0.1, 0.15) is 47.2 Å². The molecule has 26 heavy (non-hydrogen) atoms. The van der Waals surface area contributed by atoms with E-state index in [0.29, 0.717) is 18.4 Å². The number of imide groups is 1. The van der Waals surface area contributed by atoms with Crippen molar-refractivity contribution in [1.82, 2.24) is 4.90 Å². The number of ether oxygens (including phenoxy) is 1. The van der Waals surface area contributed by atoms with Crippen molar-refractivity contribution in [2.24, 2.45) is 11.8 Å². The second-order valence-electron chi connectivity index (χ2n) is 7.16. The molecule has 1 heterocycles. The zero-order valence-electron chi connectivity index (χ0n) is 15.1. The Labute approximate surface area is 152 Å². The van der Waals surface area contributed by atoms with Crippen molar-refractivity contribution in [2.45, 2.75) is 39.5 Å². The Morgan fingerprint density at radius 2 is 1.69 bits per heavy atom. The molecule has 2 unspecified atom stereocenters. The van der Waals surface area contributed by atoms with E-state index in [9.17, 15) is 19.2 Å². The third-order valence-corrected chi connectivity index (χ3v) is 5.28. The van der Waals surface area contributed by atoms with E-state index in [1.807, 2.05) is 26.0 Å². The third-order valence-electron chi connectivity index (χ3n) is 5.28. The molecule has 1 aliphatic carbocycles. The molecule has 2 fully saturated rings. The zero-order valence-corrected chi connectivity index (χ0v) is 15.1. The van der Waals surface area contributed by atoms with E-state index in [0.717, 1.165) is 28.9 Å². The molecule has 1 aromatic carbocycles. The molecule has 138 valence electrons. The van der Waals surface area contributed by atoms with Crippen molar-refractivity contribution in [3.8, 4) is 0 Å². The lowest BCUT2D eigenvalue weighted by atomic mass is 9.81. The molecular formula is C20H23NO5. The Morgan fingerprint density at radius 3 is 2.31 bits per heavy atom. The van der Waals surface area contributed by atoms with Crippen LogP contribution in [0.3, 0.4) is 0 Å². The fourth-order valence-electron chi connectivity index (χ4n) is 3.82. The summed E-state index contributed by atoms with van der Waals surface area (Å²) >= 11 is 0. The van der Waals surface area contributed by atoms with Gasteiger partial charge < -0.3 is 4.74 Å². The molecule has 0 radical (unpaired) electrons. The predicted octanol–water partition coefficient (Wildman–Crippen LogP) is 2.20. The number of hydrogen-bond acceptors (Lipinski definition) is 5. The molecule has 0 bridgehead atoms. The van der Waals surface area contributed by atoms with Crippen molar-refractivity contribution in [2.75, 3.05) is 13.2 Å². The summed E-state index contributed by atoms with van der Waals surface area (Å²) in [6.07, 6.45) is 3.27. The Hall–Kier alpha value is -2.50. The van der Waals surface area contributed by atoms with Crippen LogP contribution in [0, 0.1) is 25.7 Å². The van der Waals surface area contributed by atoms with Gasteiger partial charge in [0.1, 0.15) is 6.54 Å². The Kier molecular flexibility index (Phi) is 5.20. The van der Waals surface area contributed by atoms with Gasteiger partial charge in [0, 0.05) is 5.56 Å². The van der Waals surface area contributed by atoms with Crippen LogP contribution in [-0.4, -0.2) is 41.6 Å². The summed E-state index contributed by atoms with van der Waals surface area (Å²) in [5, 5.41) is 0. The lowest BCUT2D eigenvalue weighted by molar-refractivity contribution is -0.152. The van der Waals surface area contributed by atoms with Gasteiger partial charge in [-0.05, 0) is 38.3 Å². The van der Waals surface area contributed by atoms with Gasteiger partial charge in [-0.15, -0.1) is 0 Å². The van der Waals surface area contributed by atoms with Crippen LogP contribution in [0.15, 0.2) is 18.2 Å². The highest BCUT2D eigenvalue weighted by molar-refractivity contribution is 6.07. The minimum absolute atomic E-state index is 0.280. The standard InChI is InChI=1S/C20H23NO5/c1-12-7-8-13(2)16(9-12)17(22)11-26-18(23)10-21-19(24)14-5-3-4-6-15(14)20(21)25/h7-9,14-15H,3-6,10-11H2,1-2H3. The maximum absolute atomic E-state index is 12.4. The van der Waals surface area contributed by atoms with Crippen molar-refractivity contribution >= 4 is 23.6 Å². The molecule has 1 aromatic rings. The van der Waals surface area contributed by atoms with Crippen LogP contribution in [0.4, 0.5) is 0 Å². The maximum atomic E-state index is 12.4. The first-order valence-electron chi connectivity index (χ1n) is 9.00. The van der Waals surface area contributed by atoms with Gasteiger partial charge in [-0.1, -0.05) is 30.5 Å². The number of carbonyl (C=O) groups is 4. The van der Waals surface area contributed by atoms with Crippen molar-refractivity contribution in [1.29, 1.82) is 0 Å². The number of hydrogen-bond donors (Lipinski definition) is 0. The van der Waals surface area contributed by atoms with Crippen LogP contribution in [0.2, 0.25) is 0 Å². The number of amides is 2. The summed E-state index contributed by atoms with van der Waals surface area (Å²) in [5.41, 5.74) is 2.27. The van der Waals surface area contributed by atoms with Crippen LogP contribution in [0.25, 0.3) is 0 Å². The summed E-state index contributed by atoms with van der Waals surface area (Å²) in [6, 6.07) is 5.50. The van der Waals surface area contributed by atoms with Crippen molar-refractivity contribution in [3.05, 3.63) is 34.9 Å². The second-order valence-corrected chi connectivity index (χ2v) is 7.16. The lowest BCUT2D eigenvalue weighted by Crippen LogP contribution is -2.37. The molecule has 1 saturated carbocycles. The van der Waals surface area contributed by atoms with E-state index in [2.05, 4.69) is 0 Å². The number of carbonyl (C=O) groups excluding carboxylic acids is 4. The highest BCUT2D eigenvalue weighted by Gasteiger charge is 2.48.